The number of nitrogens with zero attached hydrogens (tertiary/aromatic N) is 1. The van der Waals surface area contributed by atoms with Crippen LogP contribution >= 0.6 is 0 Å². The van der Waals surface area contributed by atoms with Gasteiger partial charge in [-0.3, -0.25) is 9.78 Å². The number of aromatic nitrogens is 2. The smallest absolute Gasteiger partial charge is 0.257 e. The molecule has 0 aliphatic heterocycles. The van der Waals surface area contributed by atoms with E-state index in [1.165, 1.54) is 0 Å². The minimum absolute atomic E-state index is 0.136. The van der Waals surface area contributed by atoms with Crippen molar-refractivity contribution in [3.63, 3.8) is 0 Å². The van der Waals surface area contributed by atoms with Gasteiger partial charge in [0, 0.05) is 29.9 Å². The van der Waals surface area contributed by atoms with Crippen LogP contribution in [0.5, 0.6) is 5.75 Å². The third kappa shape index (κ3) is 3.35. The van der Waals surface area contributed by atoms with Crippen LogP contribution in [0.3, 0.4) is 0 Å². The molecule has 5 heteroatoms. The van der Waals surface area contributed by atoms with E-state index < -0.39 is 0 Å². The van der Waals surface area contributed by atoms with E-state index in [-0.39, 0.29) is 11.6 Å². The molecule has 0 saturated heterocycles. The molecule has 0 bridgehead atoms. The van der Waals surface area contributed by atoms with E-state index >= 15 is 0 Å². The molecule has 0 saturated carbocycles. The molecule has 2 heterocycles. The van der Waals surface area contributed by atoms with Gasteiger partial charge in [0.25, 0.3) is 5.56 Å². The lowest BCUT2D eigenvalue weighted by Crippen LogP contribution is -2.21. The fourth-order valence-electron chi connectivity index (χ4n) is 2.89. The zero-order chi connectivity index (χ0) is 16.4. The average molecular weight is 311 g/mol. The Bertz CT molecular complexity index is 886. The Balaban J connectivity index is 1.91. The highest BCUT2D eigenvalue weighted by Gasteiger charge is 2.09. The van der Waals surface area contributed by atoms with Gasteiger partial charge in [-0.2, -0.15) is 0 Å². The standard InChI is InChI=1S/C18H21N3O2/c1-11(7-12(2)19)10-23-13-3-4-15-14-5-6-20-9-16(14)18(22)21-17(15)8-13/h3-6,8-9,11-12H,7,10,19H2,1-2H3,(H,21,22). The van der Waals surface area contributed by atoms with E-state index in [2.05, 4.69) is 16.9 Å². The molecular formula is C18H21N3O2. The van der Waals surface area contributed by atoms with E-state index in [0.29, 0.717) is 17.9 Å². The van der Waals surface area contributed by atoms with Gasteiger partial charge < -0.3 is 15.5 Å². The molecule has 3 rings (SSSR count). The first-order chi connectivity index (χ1) is 11.0. The van der Waals surface area contributed by atoms with Gasteiger partial charge >= 0.3 is 0 Å². The van der Waals surface area contributed by atoms with Crippen LogP contribution in [0.1, 0.15) is 20.3 Å². The van der Waals surface area contributed by atoms with Crippen LogP contribution in [-0.4, -0.2) is 22.6 Å². The lowest BCUT2D eigenvalue weighted by Gasteiger charge is -2.15. The summed E-state index contributed by atoms with van der Waals surface area (Å²) in [6.45, 7) is 4.72. The summed E-state index contributed by atoms with van der Waals surface area (Å²) in [6.07, 6.45) is 4.21. The summed E-state index contributed by atoms with van der Waals surface area (Å²) < 4.78 is 5.84. The van der Waals surface area contributed by atoms with Crippen molar-refractivity contribution in [2.24, 2.45) is 11.7 Å². The highest BCUT2D eigenvalue weighted by atomic mass is 16.5. The molecule has 120 valence electrons. The highest BCUT2D eigenvalue weighted by Crippen LogP contribution is 2.24. The maximum Gasteiger partial charge on any atom is 0.257 e. The zero-order valence-electron chi connectivity index (χ0n) is 13.4. The molecule has 0 amide bonds. The molecule has 23 heavy (non-hydrogen) atoms. The monoisotopic (exact) mass is 311 g/mol. The van der Waals surface area contributed by atoms with Gasteiger partial charge in [0.1, 0.15) is 5.75 Å². The van der Waals surface area contributed by atoms with Crippen LogP contribution in [0.2, 0.25) is 0 Å². The number of ether oxygens (including phenoxy) is 1. The fraction of sp³-hybridized carbons (Fsp3) is 0.333. The quantitative estimate of drug-likeness (QED) is 0.710. The Morgan fingerprint density at radius 2 is 2.04 bits per heavy atom. The highest BCUT2D eigenvalue weighted by molar-refractivity contribution is 6.05. The van der Waals surface area contributed by atoms with Crippen molar-refractivity contribution in [3.05, 3.63) is 47.0 Å². The van der Waals surface area contributed by atoms with Crippen molar-refractivity contribution in [3.8, 4) is 5.75 Å². The molecule has 3 aromatic rings. The number of nitrogens with two attached hydrogens (primary N) is 1. The first-order valence-electron chi connectivity index (χ1n) is 7.82. The Morgan fingerprint density at radius 3 is 2.83 bits per heavy atom. The van der Waals surface area contributed by atoms with Crippen LogP contribution in [0, 0.1) is 5.92 Å². The molecule has 0 fully saturated rings. The van der Waals surface area contributed by atoms with Gasteiger partial charge in [0.15, 0.2) is 0 Å². The number of aromatic amines is 1. The summed E-state index contributed by atoms with van der Waals surface area (Å²) in [7, 11) is 0. The molecule has 5 nitrogen and oxygen atoms in total. The van der Waals surface area contributed by atoms with Crippen molar-refractivity contribution >= 4 is 21.7 Å². The summed E-state index contributed by atoms with van der Waals surface area (Å²) in [6, 6.07) is 7.80. The summed E-state index contributed by atoms with van der Waals surface area (Å²) in [5.74, 6) is 1.13. The van der Waals surface area contributed by atoms with Gasteiger partial charge in [-0.05, 0) is 42.8 Å². The Morgan fingerprint density at radius 1 is 1.22 bits per heavy atom. The summed E-state index contributed by atoms with van der Waals surface area (Å²) >= 11 is 0. The van der Waals surface area contributed by atoms with Gasteiger partial charge in [-0.15, -0.1) is 0 Å². The van der Waals surface area contributed by atoms with Crippen molar-refractivity contribution < 1.29 is 4.74 Å². The second kappa shape index (κ2) is 6.38. The Labute approximate surface area is 134 Å². The Kier molecular flexibility index (Phi) is 4.30. The van der Waals surface area contributed by atoms with Crippen LogP contribution in [-0.2, 0) is 0 Å². The maximum absolute atomic E-state index is 12.1. The summed E-state index contributed by atoms with van der Waals surface area (Å²) in [4.78, 5) is 19.1. The SMILES string of the molecule is CC(N)CC(C)COc1ccc2c(c1)[nH]c(=O)c1cnccc12. The van der Waals surface area contributed by atoms with Gasteiger partial charge in [-0.1, -0.05) is 6.92 Å². The summed E-state index contributed by atoms with van der Waals surface area (Å²) in [5.41, 5.74) is 6.44. The molecule has 0 spiro atoms. The lowest BCUT2D eigenvalue weighted by atomic mass is 10.0. The van der Waals surface area contributed by atoms with Gasteiger partial charge in [-0.25, -0.2) is 0 Å². The normalized spacial score (nSPS) is 14.0. The molecule has 1 aromatic carbocycles. The third-order valence-electron chi connectivity index (χ3n) is 3.90. The third-order valence-corrected chi connectivity index (χ3v) is 3.90. The van der Waals surface area contributed by atoms with E-state index in [1.807, 2.05) is 31.2 Å². The van der Waals surface area contributed by atoms with Crippen molar-refractivity contribution in [2.75, 3.05) is 6.61 Å². The average Bonchev–Trinajstić information content (AvgIpc) is 2.52. The number of hydrogen-bond acceptors (Lipinski definition) is 4. The minimum Gasteiger partial charge on any atom is -0.493 e. The molecule has 0 aliphatic carbocycles. The van der Waals surface area contributed by atoms with Crippen LogP contribution in [0.4, 0.5) is 0 Å². The topological polar surface area (TPSA) is 81.0 Å². The number of nitrogens with one attached hydrogen (secondary N) is 1. The molecule has 2 unspecified atom stereocenters. The number of rotatable bonds is 5. The predicted octanol–water partition coefficient (Wildman–Crippen LogP) is 2.83. The van der Waals surface area contributed by atoms with E-state index in [4.69, 9.17) is 10.5 Å². The number of H-pyrrole nitrogens is 1. The second-order valence-electron chi connectivity index (χ2n) is 6.21. The zero-order valence-corrected chi connectivity index (χ0v) is 13.4. The van der Waals surface area contributed by atoms with Crippen LogP contribution in [0.25, 0.3) is 21.7 Å². The molecule has 2 atom stereocenters. The molecular weight excluding hydrogens is 290 g/mol. The molecule has 0 radical (unpaired) electrons. The predicted molar refractivity (Wildman–Crippen MR) is 92.8 cm³/mol. The van der Waals surface area contributed by atoms with Crippen LogP contribution in [0.15, 0.2) is 41.5 Å². The molecule has 0 aliphatic rings. The summed E-state index contributed by atoms with van der Waals surface area (Å²) in [5, 5.41) is 2.48. The lowest BCUT2D eigenvalue weighted by molar-refractivity contribution is 0.246. The first kappa shape index (κ1) is 15.5. The first-order valence-corrected chi connectivity index (χ1v) is 7.82. The van der Waals surface area contributed by atoms with Crippen LogP contribution < -0.4 is 16.0 Å². The number of pyridine rings is 2. The minimum atomic E-state index is -0.136. The second-order valence-corrected chi connectivity index (χ2v) is 6.21. The van der Waals surface area contributed by atoms with Crippen molar-refractivity contribution in [1.82, 2.24) is 9.97 Å². The molecule has 3 N–H and O–H groups in total. The Hall–Kier alpha value is -2.40. The van der Waals surface area contributed by atoms with E-state index in [9.17, 15) is 4.79 Å². The number of hydrogen-bond donors (Lipinski definition) is 2. The van der Waals surface area contributed by atoms with Crippen molar-refractivity contribution in [2.45, 2.75) is 26.3 Å². The van der Waals surface area contributed by atoms with E-state index in [0.717, 1.165) is 28.5 Å². The maximum atomic E-state index is 12.1. The number of benzene rings is 1. The van der Waals surface area contributed by atoms with Gasteiger partial charge in [0.2, 0.25) is 0 Å². The number of fused-ring (bicyclic) bond motifs is 3. The van der Waals surface area contributed by atoms with Gasteiger partial charge in [0.05, 0.1) is 17.5 Å². The fourth-order valence-corrected chi connectivity index (χ4v) is 2.89. The van der Waals surface area contributed by atoms with Crippen molar-refractivity contribution in [1.29, 1.82) is 0 Å². The largest absolute Gasteiger partial charge is 0.493 e. The van der Waals surface area contributed by atoms with E-state index in [1.54, 1.807) is 12.4 Å². The molecule has 2 aromatic heterocycles.